The average molecular weight is 541 g/mol. The zero-order valence-corrected chi connectivity index (χ0v) is 20.6. The highest BCUT2D eigenvalue weighted by atomic mass is 35.5. The van der Waals surface area contributed by atoms with E-state index in [1.807, 2.05) is 24.3 Å². The molecule has 0 aliphatic heterocycles. The number of halogens is 5. The number of benzene rings is 2. The summed E-state index contributed by atoms with van der Waals surface area (Å²) in [6.07, 6.45) is -3.72. The minimum atomic E-state index is -4.46. The molecule has 1 heterocycles. The number of hydrogen-bond donors (Lipinski definition) is 2. The Morgan fingerprint density at radius 2 is 1.86 bits per heavy atom. The van der Waals surface area contributed by atoms with Crippen molar-refractivity contribution in [1.29, 1.82) is 0 Å². The monoisotopic (exact) mass is 540 g/mol. The van der Waals surface area contributed by atoms with Gasteiger partial charge in [0, 0.05) is 31.6 Å². The fourth-order valence-corrected chi connectivity index (χ4v) is 3.74. The second-order valence-electron chi connectivity index (χ2n) is 8.26. The van der Waals surface area contributed by atoms with Crippen LogP contribution in [0.25, 0.3) is 10.8 Å². The molecule has 1 atom stereocenters. The zero-order valence-electron chi connectivity index (χ0n) is 19.8. The van der Waals surface area contributed by atoms with Crippen LogP contribution < -0.4 is 10.6 Å². The second kappa shape index (κ2) is 12.7. The molecule has 3 aromatic rings. The molecule has 3 rings (SSSR count). The molecule has 2 aromatic carbocycles. The predicted octanol–water partition coefficient (Wildman–Crippen LogP) is 5.19. The van der Waals surface area contributed by atoms with Crippen molar-refractivity contribution >= 4 is 40.2 Å². The lowest BCUT2D eigenvalue weighted by atomic mass is 10.1. The molecule has 0 unspecified atom stereocenters. The molecule has 0 fully saturated rings. The Balaban J connectivity index is 1.60. The minimum absolute atomic E-state index is 0.0807. The molecule has 0 bridgehead atoms. The van der Waals surface area contributed by atoms with Crippen molar-refractivity contribution < 1.29 is 31.9 Å². The number of nitrogens with one attached hydrogen (secondary N) is 2. The van der Waals surface area contributed by atoms with Gasteiger partial charge in [0.2, 0.25) is 5.91 Å². The van der Waals surface area contributed by atoms with E-state index >= 15 is 0 Å². The number of carbonyl (C=O) groups excluding carboxylic acids is 2. The fourth-order valence-electron chi connectivity index (χ4n) is 3.52. The van der Waals surface area contributed by atoms with Gasteiger partial charge in [0.15, 0.2) is 0 Å². The van der Waals surface area contributed by atoms with E-state index in [1.54, 1.807) is 18.3 Å². The highest BCUT2D eigenvalue weighted by Crippen LogP contribution is 2.21. The summed E-state index contributed by atoms with van der Waals surface area (Å²) in [7, 11) is 1.39. The summed E-state index contributed by atoms with van der Waals surface area (Å²) in [4.78, 5) is 30.4. The molecule has 198 valence electrons. The molecule has 0 saturated heterocycles. The van der Waals surface area contributed by atoms with Crippen LogP contribution in [-0.4, -0.2) is 60.8 Å². The normalized spacial score (nSPS) is 12.3. The molecular weight excluding hydrogens is 516 g/mol. The van der Waals surface area contributed by atoms with Gasteiger partial charge in [-0.3, -0.25) is 10.1 Å². The summed E-state index contributed by atoms with van der Waals surface area (Å²) in [6, 6.07) is 12.4. The van der Waals surface area contributed by atoms with Crippen LogP contribution in [0.3, 0.4) is 0 Å². The van der Waals surface area contributed by atoms with E-state index in [0.717, 1.165) is 10.8 Å². The number of carbonyl (C=O) groups is 2. The Bertz CT molecular complexity index is 1240. The van der Waals surface area contributed by atoms with Gasteiger partial charge < -0.3 is 15.0 Å². The summed E-state index contributed by atoms with van der Waals surface area (Å²) in [5, 5.41) is 6.32. The van der Waals surface area contributed by atoms with Crippen molar-refractivity contribution in [1.82, 2.24) is 15.2 Å². The van der Waals surface area contributed by atoms with E-state index < -0.39 is 36.6 Å². The van der Waals surface area contributed by atoms with Crippen molar-refractivity contribution in [3.05, 3.63) is 71.1 Å². The molecule has 7 nitrogen and oxygen atoms in total. The lowest BCUT2D eigenvalue weighted by Crippen LogP contribution is -2.48. The highest BCUT2D eigenvalue weighted by Gasteiger charge is 2.28. The standard InChI is InChI=1S/C25H25ClF4N4O3/c1-34(22(35)10-9-16-7-4-8-20(27)23(16)26)19(13-31-15-25(28,29)30)14-37-24(36)33-21-11-17-5-2-3-6-18(17)12-32-21/h2-8,11-12,19,31H,9-10,13-15H2,1H3,(H,32,33,36)/t19-/m0/s1. The van der Waals surface area contributed by atoms with Gasteiger partial charge in [-0.15, -0.1) is 0 Å². The third-order valence-electron chi connectivity index (χ3n) is 5.55. The molecule has 0 aliphatic carbocycles. The third-order valence-corrected chi connectivity index (χ3v) is 5.98. The van der Waals surface area contributed by atoms with Gasteiger partial charge in [-0.1, -0.05) is 48.0 Å². The number of hydrogen-bond acceptors (Lipinski definition) is 5. The number of fused-ring (bicyclic) bond motifs is 1. The maximum atomic E-state index is 13.6. The predicted molar refractivity (Wildman–Crippen MR) is 132 cm³/mol. The van der Waals surface area contributed by atoms with Crippen molar-refractivity contribution in [3.8, 4) is 0 Å². The number of amides is 2. The summed E-state index contributed by atoms with van der Waals surface area (Å²) in [5.74, 6) is -0.833. The number of aryl methyl sites for hydroxylation is 1. The van der Waals surface area contributed by atoms with Crippen molar-refractivity contribution in [3.63, 3.8) is 0 Å². The van der Waals surface area contributed by atoms with E-state index in [1.165, 1.54) is 24.1 Å². The van der Waals surface area contributed by atoms with Gasteiger partial charge in [-0.25, -0.2) is 14.2 Å². The van der Waals surface area contributed by atoms with Gasteiger partial charge >= 0.3 is 12.3 Å². The Kier molecular flexibility index (Phi) is 9.65. The zero-order chi connectivity index (χ0) is 27.0. The number of ether oxygens (including phenoxy) is 1. The maximum absolute atomic E-state index is 13.6. The lowest BCUT2D eigenvalue weighted by molar-refractivity contribution is -0.133. The van der Waals surface area contributed by atoms with Crippen LogP contribution in [0.4, 0.5) is 28.2 Å². The fraction of sp³-hybridized carbons (Fsp3) is 0.320. The van der Waals surface area contributed by atoms with Crippen LogP contribution >= 0.6 is 11.6 Å². The first-order valence-electron chi connectivity index (χ1n) is 11.3. The van der Waals surface area contributed by atoms with Crippen LogP contribution in [0, 0.1) is 5.82 Å². The van der Waals surface area contributed by atoms with Crippen LogP contribution in [0.15, 0.2) is 54.7 Å². The summed E-state index contributed by atoms with van der Waals surface area (Å²) in [5.41, 5.74) is 0.425. The van der Waals surface area contributed by atoms with Gasteiger partial charge in [-0.05, 0) is 29.5 Å². The first kappa shape index (κ1) is 28.1. The van der Waals surface area contributed by atoms with Crippen molar-refractivity contribution in [2.24, 2.45) is 0 Å². The molecule has 2 amide bonds. The van der Waals surface area contributed by atoms with E-state index in [2.05, 4.69) is 15.6 Å². The molecule has 1 aromatic heterocycles. The number of nitrogens with zero attached hydrogens (tertiary/aromatic N) is 2. The number of likely N-dealkylation sites (N-methyl/N-ethyl adjacent to an activating group) is 1. The quantitative estimate of drug-likeness (QED) is 0.346. The SMILES string of the molecule is CN(C(=O)CCc1cccc(F)c1Cl)[C@@H](CNCC(F)(F)F)COC(=O)Nc1cc2ccccc2cn1. The van der Waals surface area contributed by atoms with Crippen molar-refractivity contribution in [2.45, 2.75) is 25.1 Å². The Hall–Kier alpha value is -3.44. The molecule has 12 heteroatoms. The van der Waals surface area contributed by atoms with Gasteiger partial charge in [0.1, 0.15) is 18.2 Å². The Labute approximate surface area is 215 Å². The number of rotatable bonds is 10. The first-order chi connectivity index (χ1) is 17.5. The number of anilines is 1. The van der Waals surface area contributed by atoms with Crippen molar-refractivity contribution in [2.75, 3.05) is 32.1 Å². The topological polar surface area (TPSA) is 83.6 Å². The summed E-state index contributed by atoms with van der Waals surface area (Å²) in [6.45, 7) is -1.95. The Morgan fingerprint density at radius 1 is 1.14 bits per heavy atom. The second-order valence-corrected chi connectivity index (χ2v) is 8.64. The lowest BCUT2D eigenvalue weighted by Gasteiger charge is -2.28. The largest absolute Gasteiger partial charge is 0.447 e. The van der Waals surface area contributed by atoms with Crippen LogP contribution in [0.2, 0.25) is 5.02 Å². The molecule has 37 heavy (non-hydrogen) atoms. The Morgan fingerprint density at radius 3 is 2.59 bits per heavy atom. The third kappa shape index (κ3) is 8.57. The van der Waals surface area contributed by atoms with Gasteiger partial charge in [0.25, 0.3) is 0 Å². The molecule has 0 spiro atoms. The van der Waals surface area contributed by atoms with E-state index in [0.29, 0.717) is 5.56 Å². The number of aromatic nitrogens is 1. The molecular formula is C25H25ClF4N4O3. The molecule has 0 radical (unpaired) electrons. The first-order valence-corrected chi connectivity index (χ1v) is 11.7. The van der Waals surface area contributed by atoms with E-state index in [4.69, 9.17) is 16.3 Å². The number of pyridine rings is 1. The minimum Gasteiger partial charge on any atom is -0.447 e. The highest BCUT2D eigenvalue weighted by molar-refractivity contribution is 6.31. The van der Waals surface area contributed by atoms with E-state index in [-0.39, 0.29) is 36.8 Å². The van der Waals surface area contributed by atoms with Crippen LogP contribution in [-0.2, 0) is 16.0 Å². The molecule has 0 saturated carbocycles. The summed E-state index contributed by atoms with van der Waals surface area (Å²) < 4.78 is 56.7. The maximum Gasteiger partial charge on any atom is 0.412 e. The number of alkyl halides is 3. The molecule has 0 aliphatic rings. The van der Waals surface area contributed by atoms with Crippen LogP contribution in [0.5, 0.6) is 0 Å². The van der Waals surface area contributed by atoms with E-state index in [9.17, 15) is 27.2 Å². The molecule has 2 N–H and O–H groups in total. The van der Waals surface area contributed by atoms with Gasteiger partial charge in [0.05, 0.1) is 17.6 Å². The smallest absolute Gasteiger partial charge is 0.412 e. The summed E-state index contributed by atoms with van der Waals surface area (Å²) >= 11 is 5.93. The average Bonchev–Trinajstić information content (AvgIpc) is 2.85. The van der Waals surface area contributed by atoms with Crippen LogP contribution in [0.1, 0.15) is 12.0 Å². The van der Waals surface area contributed by atoms with Gasteiger partial charge in [-0.2, -0.15) is 13.2 Å².